The predicted octanol–water partition coefficient (Wildman–Crippen LogP) is 3.44. The normalized spacial score (nSPS) is 10.6. The summed E-state index contributed by atoms with van der Waals surface area (Å²) >= 11 is 8.94. The molecule has 0 aromatic carbocycles. The number of aryl methyl sites for hydroxylation is 1. The van der Waals surface area contributed by atoms with E-state index in [9.17, 15) is 0 Å². The number of hydrogen-bond donors (Lipinski definition) is 0. The van der Waals surface area contributed by atoms with Crippen molar-refractivity contribution >= 4 is 34.9 Å². The Balaban J connectivity index is 1.96. The van der Waals surface area contributed by atoms with Crippen LogP contribution in [0.3, 0.4) is 0 Å². The molecule has 0 spiro atoms. The van der Waals surface area contributed by atoms with Crippen LogP contribution < -0.4 is 0 Å². The van der Waals surface area contributed by atoms with Gasteiger partial charge in [-0.25, -0.2) is 9.97 Å². The van der Waals surface area contributed by atoms with E-state index in [1.165, 1.54) is 11.5 Å². The quantitative estimate of drug-likeness (QED) is 0.631. The first-order valence-corrected chi connectivity index (χ1v) is 6.97. The monoisotopic (exact) mass is 271 g/mol. The molecule has 2 aromatic rings. The second-order valence-electron chi connectivity index (χ2n) is 3.11. The Morgan fingerprint density at radius 2 is 2.38 bits per heavy atom. The first-order chi connectivity index (χ1) is 7.78. The highest BCUT2D eigenvalue weighted by Crippen LogP contribution is 2.24. The molecule has 6 heteroatoms. The van der Waals surface area contributed by atoms with Gasteiger partial charge in [-0.05, 0) is 29.2 Å². The molecule has 0 bridgehead atoms. The van der Waals surface area contributed by atoms with Crippen molar-refractivity contribution in [2.45, 2.75) is 23.4 Å². The lowest BCUT2D eigenvalue weighted by Gasteiger charge is -1.98. The van der Waals surface area contributed by atoms with Gasteiger partial charge < -0.3 is 0 Å². The Morgan fingerprint density at radius 3 is 3.06 bits per heavy atom. The lowest BCUT2D eigenvalue weighted by molar-refractivity contribution is 0.971. The van der Waals surface area contributed by atoms with Crippen LogP contribution in [0.15, 0.2) is 22.7 Å². The number of nitrogens with zero attached hydrogens (tertiary/aromatic N) is 3. The van der Waals surface area contributed by atoms with Gasteiger partial charge in [0.15, 0.2) is 4.34 Å². The minimum Gasteiger partial charge on any atom is -0.245 e. The van der Waals surface area contributed by atoms with Gasteiger partial charge in [-0.2, -0.15) is 4.37 Å². The molecule has 0 atom stereocenters. The summed E-state index contributed by atoms with van der Waals surface area (Å²) in [5, 5.41) is 0.532. The van der Waals surface area contributed by atoms with Gasteiger partial charge in [0.25, 0.3) is 0 Å². The van der Waals surface area contributed by atoms with Gasteiger partial charge in [0.1, 0.15) is 11.0 Å². The number of aromatic nitrogens is 3. The molecular formula is C10H10ClN3S2. The summed E-state index contributed by atoms with van der Waals surface area (Å²) in [6.45, 7) is 2.05. The van der Waals surface area contributed by atoms with Crippen LogP contribution >= 0.6 is 34.9 Å². The molecule has 0 saturated carbocycles. The van der Waals surface area contributed by atoms with E-state index in [0.29, 0.717) is 5.15 Å². The van der Waals surface area contributed by atoms with Gasteiger partial charge >= 0.3 is 0 Å². The molecule has 0 aliphatic heterocycles. The Hall–Kier alpha value is -0.650. The van der Waals surface area contributed by atoms with Crippen LogP contribution in [0.1, 0.15) is 18.3 Å². The van der Waals surface area contributed by atoms with Gasteiger partial charge in [-0.15, -0.1) is 0 Å². The van der Waals surface area contributed by atoms with Crippen molar-refractivity contribution < 1.29 is 0 Å². The van der Waals surface area contributed by atoms with E-state index < -0.39 is 0 Å². The SMILES string of the molecule is CCc1nsc(SCc2ccnc(Cl)c2)n1. The molecule has 0 radical (unpaired) electrons. The van der Waals surface area contributed by atoms with Crippen LogP contribution in [-0.4, -0.2) is 14.3 Å². The van der Waals surface area contributed by atoms with Crippen LogP contribution in [0.5, 0.6) is 0 Å². The van der Waals surface area contributed by atoms with Crippen molar-refractivity contribution in [3.8, 4) is 0 Å². The first-order valence-electron chi connectivity index (χ1n) is 4.83. The molecule has 0 N–H and O–H groups in total. The van der Waals surface area contributed by atoms with Gasteiger partial charge in [0, 0.05) is 18.4 Å². The molecule has 3 nitrogen and oxygen atoms in total. The van der Waals surface area contributed by atoms with Crippen LogP contribution in [0.4, 0.5) is 0 Å². The molecule has 0 fully saturated rings. The van der Waals surface area contributed by atoms with Crippen molar-refractivity contribution in [1.82, 2.24) is 14.3 Å². The zero-order chi connectivity index (χ0) is 11.4. The average molecular weight is 272 g/mol. The molecule has 2 aromatic heterocycles. The van der Waals surface area contributed by atoms with E-state index in [-0.39, 0.29) is 0 Å². The molecule has 84 valence electrons. The maximum absolute atomic E-state index is 5.81. The number of rotatable bonds is 4. The summed E-state index contributed by atoms with van der Waals surface area (Å²) in [6.07, 6.45) is 2.61. The van der Waals surface area contributed by atoms with Crippen molar-refractivity contribution in [2.75, 3.05) is 0 Å². The Labute approximate surface area is 107 Å². The average Bonchev–Trinajstić information content (AvgIpc) is 2.74. The fourth-order valence-electron chi connectivity index (χ4n) is 1.12. The summed E-state index contributed by atoms with van der Waals surface area (Å²) < 4.78 is 5.24. The Morgan fingerprint density at radius 1 is 1.50 bits per heavy atom. The van der Waals surface area contributed by atoms with Crippen molar-refractivity contribution in [3.63, 3.8) is 0 Å². The molecule has 0 saturated heterocycles. The van der Waals surface area contributed by atoms with Gasteiger partial charge in [-0.1, -0.05) is 30.3 Å². The van der Waals surface area contributed by atoms with Gasteiger partial charge in [-0.3, -0.25) is 0 Å². The highest BCUT2D eigenvalue weighted by atomic mass is 35.5. The smallest absolute Gasteiger partial charge is 0.170 e. The number of thioether (sulfide) groups is 1. The summed E-state index contributed by atoms with van der Waals surface area (Å²) in [5.41, 5.74) is 1.15. The second-order valence-corrected chi connectivity index (χ2v) is 5.47. The minimum atomic E-state index is 0.532. The lowest BCUT2D eigenvalue weighted by Crippen LogP contribution is -1.83. The molecule has 0 unspecified atom stereocenters. The number of hydrogen-bond acceptors (Lipinski definition) is 5. The van der Waals surface area contributed by atoms with E-state index in [2.05, 4.69) is 21.3 Å². The van der Waals surface area contributed by atoms with Crippen LogP contribution in [0.2, 0.25) is 5.15 Å². The molecule has 16 heavy (non-hydrogen) atoms. The standard InChI is InChI=1S/C10H10ClN3S2/c1-2-9-13-10(16-14-9)15-6-7-3-4-12-8(11)5-7/h3-5H,2,6H2,1H3. The van der Waals surface area contributed by atoms with E-state index >= 15 is 0 Å². The highest BCUT2D eigenvalue weighted by Gasteiger charge is 2.03. The fraction of sp³-hybridized carbons (Fsp3) is 0.300. The maximum Gasteiger partial charge on any atom is 0.170 e. The van der Waals surface area contributed by atoms with E-state index in [1.807, 2.05) is 12.1 Å². The molecule has 2 heterocycles. The van der Waals surface area contributed by atoms with E-state index in [0.717, 1.165) is 27.9 Å². The molecule has 0 aliphatic rings. The van der Waals surface area contributed by atoms with Crippen molar-refractivity contribution in [2.24, 2.45) is 0 Å². The third-order valence-corrected chi connectivity index (χ3v) is 4.07. The van der Waals surface area contributed by atoms with Crippen LogP contribution in [0, 0.1) is 0 Å². The van der Waals surface area contributed by atoms with Crippen molar-refractivity contribution in [1.29, 1.82) is 0 Å². The summed E-state index contributed by atoms with van der Waals surface area (Å²) in [5.74, 6) is 1.76. The lowest BCUT2D eigenvalue weighted by atomic mass is 10.3. The molecular weight excluding hydrogens is 262 g/mol. The highest BCUT2D eigenvalue weighted by molar-refractivity contribution is 8.00. The predicted molar refractivity (Wildman–Crippen MR) is 68.1 cm³/mol. The number of halogens is 1. The molecule has 0 aliphatic carbocycles. The topological polar surface area (TPSA) is 38.7 Å². The van der Waals surface area contributed by atoms with Crippen LogP contribution in [0.25, 0.3) is 0 Å². The maximum atomic E-state index is 5.81. The fourth-order valence-corrected chi connectivity index (χ4v) is 2.95. The van der Waals surface area contributed by atoms with E-state index in [4.69, 9.17) is 11.6 Å². The van der Waals surface area contributed by atoms with Gasteiger partial charge in [0.2, 0.25) is 0 Å². The largest absolute Gasteiger partial charge is 0.245 e. The summed E-state index contributed by atoms with van der Waals surface area (Å²) in [6, 6.07) is 3.83. The van der Waals surface area contributed by atoms with Gasteiger partial charge in [0.05, 0.1) is 0 Å². The van der Waals surface area contributed by atoms with E-state index in [1.54, 1.807) is 18.0 Å². The Bertz CT molecular complexity index is 473. The zero-order valence-electron chi connectivity index (χ0n) is 8.68. The minimum absolute atomic E-state index is 0.532. The second kappa shape index (κ2) is 5.61. The third-order valence-electron chi connectivity index (χ3n) is 1.92. The first kappa shape index (κ1) is 11.8. The zero-order valence-corrected chi connectivity index (χ0v) is 11.1. The van der Waals surface area contributed by atoms with Crippen LogP contribution in [-0.2, 0) is 12.2 Å². The third kappa shape index (κ3) is 3.17. The molecule has 2 rings (SSSR count). The summed E-state index contributed by atoms with van der Waals surface area (Å²) in [4.78, 5) is 8.33. The van der Waals surface area contributed by atoms with Crippen molar-refractivity contribution in [3.05, 3.63) is 34.9 Å². The molecule has 0 amide bonds. The summed E-state index contributed by atoms with van der Waals surface area (Å²) in [7, 11) is 0. The number of pyridine rings is 1. The Kier molecular flexibility index (Phi) is 4.15.